The highest BCUT2D eigenvalue weighted by Gasteiger charge is 2.17. The van der Waals surface area contributed by atoms with Gasteiger partial charge in [0.1, 0.15) is 12.1 Å². The summed E-state index contributed by atoms with van der Waals surface area (Å²) in [6.07, 6.45) is 1.41. The Bertz CT molecular complexity index is 1380. The Balaban J connectivity index is 1.51. The van der Waals surface area contributed by atoms with E-state index in [-0.39, 0.29) is 4.90 Å². The van der Waals surface area contributed by atoms with Gasteiger partial charge < -0.3 is 4.74 Å². The minimum absolute atomic E-state index is 0.260. The highest BCUT2D eigenvalue weighted by atomic mass is 32.2. The highest BCUT2D eigenvalue weighted by molar-refractivity contribution is 7.92. The summed E-state index contributed by atoms with van der Waals surface area (Å²) < 4.78 is 35.7. The van der Waals surface area contributed by atoms with Crippen LogP contribution in [0.2, 0.25) is 0 Å². The van der Waals surface area contributed by atoms with Crippen LogP contribution < -0.4 is 9.46 Å². The zero-order chi connectivity index (χ0) is 22.9. The fourth-order valence-electron chi connectivity index (χ4n) is 3.28. The standard InChI is InChI=1S/C23H23N5O3S/c1-15-5-6-16(2)21(11-15)32(29,30)27-19-7-9-20(10-8-19)31-23-13-22(24-14-25-23)28-18(4)12-17(3)26-28/h5-14,27H,1-4H3. The summed E-state index contributed by atoms with van der Waals surface area (Å²) >= 11 is 0. The Morgan fingerprint density at radius 3 is 2.34 bits per heavy atom. The van der Waals surface area contributed by atoms with Crippen molar-refractivity contribution in [3.8, 4) is 17.4 Å². The number of sulfonamides is 1. The van der Waals surface area contributed by atoms with Crippen LogP contribution in [0, 0.1) is 27.7 Å². The lowest BCUT2D eigenvalue weighted by molar-refractivity contribution is 0.460. The molecule has 0 radical (unpaired) electrons. The molecule has 2 heterocycles. The number of nitrogens with zero attached hydrogens (tertiary/aromatic N) is 4. The van der Waals surface area contributed by atoms with Crippen molar-refractivity contribution < 1.29 is 13.2 Å². The largest absolute Gasteiger partial charge is 0.439 e. The van der Waals surface area contributed by atoms with Crippen molar-refractivity contribution in [1.29, 1.82) is 0 Å². The molecule has 0 fully saturated rings. The van der Waals surface area contributed by atoms with Gasteiger partial charge in [0, 0.05) is 17.4 Å². The lowest BCUT2D eigenvalue weighted by atomic mass is 10.2. The summed E-state index contributed by atoms with van der Waals surface area (Å²) in [5, 5.41) is 4.42. The molecule has 0 unspecified atom stereocenters. The van der Waals surface area contributed by atoms with E-state index in [1.807, 2.05) is 32.9 Å². The quantitative estimate of drug-likeness (QED) is 0.466. The smallest absolute Gasteiger partial charge is 0.262 e. The van der Waals surface area contributed by atoms with E-state index in [1.54, 1.807) is 54.1 Å². The summed E-state index contributed by atoms with van der Waals surface area (Å²) in [7, 11) is -3.70. The van der Waals surface area contributed by atoms with Crippen LogP contribution in [0.5, 0.6) is 11.6 Å². The molecular formula is C23H23N5O3S. The maximum atomic E-state index is 12.8. The lowest BCUT2D eigenvalue weighted by Crippen LogP contribution is -2.14. The average Bonchev–Trinajstić information content (AvgIpc) is 3.09. The normalized spacial score (nSPS) is 11.4. The zero-order valence-electron chi connectivity index (χ0n) is 18.2. The third-order valence-corrected chi connectivity index (χ3v) is 6.34. The zero-order valence-corrected chi connectivity index (χ0v) is 19.0. The van der Waals surface area contributed by atoms with E-state index in [2.05, 4.69) is 19.8 Å². The van der Waals surface area contributed by atoms with Crippen molar-refractivity contribution in [2.75, 3.05) is 4.72 Å². The van der Waals surface area contributed by atoms with E-state index < -0.39 is 10.0 Å². The van der Waals surface area contributed by atoms with Crippen LogP contribution >= 0.6 is 0 Å². The van der Waals surface area contributed by atoms with E-state index in [1.165, 1.54) is 6.33 Å². The second-order valence-corrected chi connectivity index (χ2v) is 9.21. The van der Waals surface area contributed by atoms with Crippen molar-refractivity contribution >= 4 is 15.7 Å². The molecule has 4 aromatic rings. The van der Waals surface area contributed by atoms with Crippen LogP contribution in [0.1, 0.15) is 22.5 Å². The van der Waals surface area contributed by atoms with Gasteiger partial charge in [-0.2, -0.15) is 5.10 Å². The summed E-state index contributed by atoms with van der Waals surface area (Å²) in [5.74, 6) is 1.46. The minimum atomic E-state index is -3.70. The van der Waals surface area contributed by atoms with Crippen molar-refractivity contribution in [2.24, 2.45) is 0 Å². The van der Waals surface area contributed by atoms with Crippen LogP contribution in [0.4, 0.5) is 5.69 Å². The molecule has 0 bridgehead atoms. The molecule has 0 aliphatic heterocycles. The van der Waals surface area contributed by atoms with Crippen molar-refractivity contribution in [3.63, 3.8) is 0 Å². The summed E-state index contributed by atoms with van der Waals surface area (Å²) in [6.45, 7) is 7.49. The molecule has 4 rings (SSSR count). The molecule has 0 amide bonds. The van der Waals surface area contributed by atoms with Crippen LogP contribution in [-0.2, 0) is 10.0 Å². The van der Waals surface area contributed by atoms with E-state index in [9.17, 15) is 8.42 Å². The fourth-order valence-corrected chi connectivity index (χ4v) is 4.67. The molecule has 32 heavy (non-hydrogen) atoms. The van der Waals surface area contributed by atoms with Crippen molar-refractivity contribution in [1.82, 2.24) is 19.7 Å². The predicted molar refractivity (Wildman–Crippen MR) is 122 cm³/mol. The molecular weight excluding hydrogens is 426 g/mol. The van der Waals surface area contributed by atoms with Gasteiger partial charge in [0.25, 0.3) is 10.0 Å². The van der Waals surface area contributed by atoms with Gasteiger partial charge in [-0.15, -0.1) is 0 Å². The summed E-state index contributed by atoms with van der Waals surface area (Å²) in [6, 6.07) is 15.6. The first-order valence-corrected chi connectivity index (χ1v) is 11.4. The van der Waals surface area contributed by atoms with E-state index >= 15 is 0 Å². The molecule has 2 aromatic carbocycles. The first-order chi connectivity index (χ1) is 15.2. The Kier molecular flexibility index (Phi) is 5.67. The summed E-state index contributed by atoms with van der Waals surface area (Å²) in [4.78, 5) is 8.66. The van der Waals surface area contributed by atoms with Gasteiger partial charge in [-0.05, 0) is 75.2 Å². The first-order valence-electron chi connectivity index (χ1n) is 9.95. The van der Waals surface area contributed by atoms with Crippen LogP contribution in [0.3, 0.4) is 0 Å². The number of aryl methyl sites for hydroxylation is 4. The maximum Gasteiger partial charge on any atom is 0.262 e. The Labute approximate surface area is 187 Å². The van der Waals surface area contributed by atoms with Gasteiger partial charge in [0.2, 0.25) is 5.88 Å². The Morgan fingerprint density at radius 1 is 0.906 bits per heavy atom. The first kappa shape index (κ1) is 21.5. The monoisotopic (exact) mass is 449 g/mol. The second kappa shape index (κ2) is 8.43. The number of hydrogen-bond acceptors (Lipinski definition) is 6. The summed E-state index contributed by atoms with van der Waals surface area (Å²) in [5.41, 5.74) is 3.84. The van der Waals surface area contributed by atoms with Gasteiger partial charge in [-0.25, -0.2) is 23.1 Å². The molecule has 0 atom stereocenters. The molecule has 164 valence electrons. The number of nitrogens with one attached hydrogen (secondary N) is 1. The molecule has 2 aromatic heterocycles. The molecule has 0 aliphatic rings. The van der Waals surface area contributed by atoms with Crippen LogP contribution in [0.15, 0.2) is 65.8 Å². The Hall–Kier alpha value is -3.72. The van der Waals surface area contributed by atoms with Gasteiger partial charge in [0.05, 0.1) is 10.6 Å². The van der Waals surface area contributed by atoms with Gasteiger partial charge in [-0.3, -0.25) is 4.72 Å². The topological polar surface area (TPSA) is 99.0 Å². The van der Waals surface area contributed by atoms with Crippen LogP contribution in [0.25, 0.3) is 5.82 Å². The number of hydrogen-bond donors (Lipinski definition) is 1. The lowest BCUT2D eigenvalue weighted by Gasteiger charge is -2.12. The van der Waals surface area contributed by atoms with Crippen LogP contribution in [-0.4, -0.2) is 28.2 Å². The molecule has 1 N–H and O–H groups in total. The predicted octanol–water partition coefficient (Wildman–Crippen LogP) is 4.49. The number of anilines is 1. The molecule has 0 saturated carbocycles. The van der Waals surface area contributed by atoms with E-state index in [4.69, 9.17) is 4.74 Å². The molecule has 8 nitrogen and oxygen atoms in total. The minimum Gasteiger partial charge on any atom is -0.439 e. The van der Waals surface area contributed by atoms with Gasteiger partial charge in [-0.1, -0.05) is 12.1 Å². The molecule has 0 aliphatic carbocycles. The van der Waals surface area contributed by atoms with Gasteiger partial charge >= 0.3 is 0 Å². The SMILES string of the molecule is Cc1ccc(C)c(S(=O)(=O)Nc2ccc(Oc3cc(-n4nc(C)cc4C)ncn3)cc2)c1. The number of aromatic nitrogens is 4. The fraction of sp³-hybridized carbons (Fsp3) is 0.174. The maximum absolute atomic E-state index is 12.8. The van der Waals surface area contributed by atoms with Crippen molar-refractivity contribution in [3.05, 3.63) is 83.4 Å². The van der Waals surface area contributed by atoms with E-state index in [0.29, 0.717) is 28.7 Å². The third kappa shape index (κ3) is 4.62. The second-order valence-electron chi connectivity index (χ2n) is 7.55. The third-order valence-electron chi connectivity index (χ3n) is 4.82. The number of rotatable bonds is 6. The van der Waals surface area contributed by atoms with E-state index in [0.717, 1.165) is 17.0 Å². The van der Waals surface area contributed by atoms with Gasteiger partial charge in [0.15, 0.2) is 5.82 Å². The molecule has 0 spiro atoms. The average molecular weight is 450 g/mol. The molecule has 9 heteroatoms. The number of benzene rings is 2. The van der Waals surface area contributed by atoms with Crippen molar-refractivity contribution in [2.45, 2.75) is 32.6 Å². The molecule has 0 saturated heterocycles. The highest BCUT2D eigenvalue weighted by Crippen LogP contribution is 2.25. The Morgan fingerprint density at radius 2 is 1.66 bits per heavy atom. The number of ether oxygens (including phenoxy) is 1.